The van der Waals surface area contributed by atoms with Gasteiger partial charge in [0.2, 0.25) is 5.95 Å². The van der Waals surface area contributed by atoms with E-state index >= 15 is 0 Å². The fourth-order valence-corrected chi connectivity index (χ4v) is 2.82. The van der Waals surface area contributed by atoms with Crippen LogP contribution in [0.25, 0.3) is 5.82 Å². The summed E-state index contributed by atoms with van der Waals surface area (Å²) in [7, 11) is 1.56. The maximum absolute atomic E-state index is 12.9. The molecular formula is C17H15BrF3N5O. The van der Waals surface area contributed by atoms with Gasteiger partial charge in [0.1, 0.15) is 5.75 Å². The SMILES string of the molecule is COc1cc(C)cc(Nc2ncc(Br)c(-n3nc(C(F)(F)F)cc3C)n2)c1. The number of aryl methyl sites for hydroxylation is 2. The predicted octanol–water partition coefficient (Wildman–Crippen LogP) is 4.81. The number of alkyl halides is 3. The topological polar surface area (TPSA) is 64.9 Å². The van der Waals surface area contributed by atoms with Crippen LogP contribution in [0.15, 0.2) is 34.9 Å². The van der Waals surface area contributed by atoms with E-state index in [2.05, 4.69) is 36.3 Å². The molecule has 0 fully saturated rings. The van der Waals surface area contributed by atoms with E-state index in [1.807, 2.05) is 19.1 Å². The zero-order valence-corrected chi connectivity index (χ0v) is 16.2. The lowest BCUT2D eigenvalue weighted by atomic mass is 10.2. The summed E-state index contributed by atoms with van der Waals surface area (Å²) in [5.74, 6) is 1.07. The number of hydrogen-bond acceptors (Lipinski definition) is 5. The maximum atomic E-state index is 12.9. The average Bonchev–Trinajstić information content (AvgIpc) is 2.98. The van der Waals surface area contributed by atoms with E-state index in [1.54, 1.807) is 13.2 Å². The Labute approximate surface area is 161 Å². The Morgan fingerprint density at radius 3 is 2.52 bits per heavy atom. The molecule has 0 bridgehead atoms. The van der Waals surface area contributed by atoms with E-state index in [-0.39, 0.29) is 11.8 Å². The van der Waals surface area contributed by atoms with Crippen molar-refractivity contribution in [3.8, 4) is 11.6 Å². The van der Waals surface area contributed by atoms with Gasteiger partial charge in [-0.25, -0.2) is 9.67 Å². The van der Waals surface area contributed by atoms with Crippen molar-refractivity contribution >= 4 is 27.6 Å². The molecule has 2 aromatic heterocycles. The lowest BCUT2D eigenvalue weighted by molar-refractivity contribution is -0.141. The van der Waals surface area contributed by atoms with Gasteiger partial charge in [-0.05, 0) is 53.5 Å². The van der Waals surface area contributed by atoms with Gasteiger partial charge in [-0.3, -0.25) is 0 Å². The molecule has 0 aliphatic rings. The first kappa shape index (κ1) is 19.2. The van der Waals surface area contributed by atoms with Gasteiger partial charge >= 0.3 is 6.18 Å². The molecule has 0 saturated heterocycles. The van der Waals surface area contributed by atoms with Crippen LogP contribution in [0, 0.1) is 13.8 Å². The molecule has 0 atom stereocenters. The number of rotatable bonds is 4. The van der Waals surface area contributed by atoms with Gasteiger partial charge in [-0.1, -0.05) is 0 Å². The molecule has 142 valence electrons. The van der Waals surface area contributed by atoms with Crippen LogP contribution >= 0.6 is 15.9 Å². The van der Waals surface area contributed by atoms with Crippen molar-refractivity contribution in [1.82, 2.24) is 19.7 Å². The molecule has 3 aromatic rings. The fourth-order valence-electron chi connectivity index (χ4n) is 2.46. The summed E-state index contributed by atoms with van der Waals surface area (Å²) >= 11 is 3.27. The molecule has 0 aliphatic heterocycles. The van der Waals surface area contributed by atoms with E-state index in [0.717, 1.165) is 16.3 Å². The quantitative estimate of drug-likeness (QED) is 0.628. The molecule has 6 nitrogen and oxygen atoms in total. The van der Waals surface area contributed by atoms with E-state index in [9.17, 15) is 13.2 Å². The van der Waals surface area contributed by atoms with Crippen molar-refractivity contribution in [2.75, 3.05) is 12.4 Å². The third-order valence-electron chi connectivity index (χ3n) is 3.65. The highest BCUT2D eigenvalue weighted by molar-refractivity contribution is 9.10. The molecule has 2 heterocycles. The third-order valence-corrected chi connectivity index (χ3v) is 4.21. The lowest BCUT2D eigenvalue weighted by Gasteiger charge is -2.11. The second kappa shape index (κ2) is 7.18. The van der Waals surface area contributed by atoms with Crippen LogP contribution in [-0.4, -0.2) is 26.9 Å². The normalized spacial score (nSPS) is 11.5. The summed E-state index contributed by atoms with van der Waals surface area (Å²) in [5.41, 5.74) is 0.966. The largest absolute Gasteiger partial charge is 0.497 e. The van der Waals surface area contributed by atoms with Crippen LogP contribution in [0.3, 0.4) is 0 Å². The zero-order valence-electron chi connectivity index (χ0n) is 14.6. The molecule has 27 heavy (non-hydrogen) atoms. The zero-order chi connectivity index (χ0) is 19.8. The van der Waals surface area contributed by atoms with Crippen molar-refractivity contribution in [3.63, 3.8) is 0 Å². The number of methoxy groups -OCH3 is 1. The Hall–Kier alpha value is -2.62. The number of benzene rings is 1. The number of nitrogens with one attached hydrogen (secondary N) is 1. The summed E-state index contributed by atoms with van der Waals surface area (Å²) in [4.78, 5) is 8.46. The highest BCUT2D eigenvalue weighted by Crippen LogP contribution is 2.30. The predicted molar refractivity (Wildman–Crippen MR) is 97.6 cm³/mol. The van der Waals surface area contributed by atoms with Gasteiger partial charge in [0, 0.05) is 23.6 Å². The van der Waals surface area contributed by atoms with Crippen molar-refractivity contribution in [1.29, 1.82) is 0 Å². The Morgan fingerprint density at radius 1 is 1.15 bits per heavy atom. The van der Waals surface area contributed by atoms with Crippen LogP contribution in [0.2, 0.25) is 0 Å². The summed E-state index contributed by atoms with van der Waals surface area (Å²) < 4.78 is 45.5. The number of aromatic nitrogens is 4. The Bertz CT molecular complexity index is 987. The van der Waals surface area contributed by atoms with Gasteiger partial charge in [0.05, 0.1) is 11.6 Å². The van der Waals surface area contributed by atoms with Gasteiger partial charge in [0.15, 0.2) is 11.5 Å². The molecule has 0 saturated carbocycles. The first-order valence-electron chi connectivity index (χ1n) is 7.77. The molecule has 0 unspecified atom stereocenters. The molecule has 0 spiro atoms. The smallest absolute Gasteiger partial charge is 0.435 e. The van der Waals surface area contributed by atoms with Gasteiger partial charge in [-0.2, -0.15) is 23.3 Å². The Balaban J connectivity index is 1.98. The summed E-state index contributed by atoms with van der Waals surface area (Å²) in [6.07, 6.45) is -3.08. The van der Waals surface area contributed by atoms with Crippen molar-refractivity contribution in [3.05, 3.63) is 51.9 Å². The second-order valence-electron chi connectivity index (χ2n) is 5.81. The standard InChI is InChI=1S/C17H15BrF3N5O/c1-9-4-11(7-12(5-9)27-3)23-16-22-8-13(18)15(24-16)26-10(2)6-14(25-26)17(19,20)21/h4-8H,1-3H3,(H,22,23,24). The Kier molecular flexibility index (Phi) is 5.09. The highest BCUT2D eigenvalue weighted by atomic mass is 79.9. The molecule has 1 aromatic carbocycles. The van der Waals surface area contributed by atoms with Crippen LogP contribution in [0.1, 0.15) is 17.0 Å². The van der Waals surface area contributed by atoms with E-state index in [0.29, 0.717) is 21.6 Å². The number of hydrogen-bond donors (Lipinski definition) is 1. The van der Waals surface area contributed by atoms with Gasteiger partial charge < -0.3 is 10.1 Å². The highest BCUT2D eigenvalue weighted by Gasteiger charge is 2.34. The van der Waals surface area contributed by atoms with Crippen molar-refractivity contribution in [2.45, 2.75) is 20.0 Å². The Morgan fingerprint density at radius 2 is 1.89 bits per heavy atom. The monoisotopic (exact) mass is 441 g/mol. The minimum atomic E-state index is -4.53. The molecule has 1 N–H and O–H groups in total. The molecular weight excluding hydrogens is 427 g/mol. The number of halogens is 4. The van der Waals surface area contributed by atoms with Crippen LogP contribution < -0.4 is 10.1 Å². The van der Waals surface area contributed by atoms with Crippen molar-refractivity contribution < 1.29 is 17.9 Å². The molecule has 3 rings (SSSR count). The van der Waals surface area contributed by atoms with Crippen LogP contribution in [0.5, 0.6) is 5.75 Å². The average molecular weight is 442 g/mol. The van der Waals surface area contributed by atoms with E-state index < -0.39 is 11.9 Å². The minimum Gasteiger partial charge on any atom is -0.497 e. The van der Waals surface area contributed by atoms with Crippen molar-refractivity contribution in [2.24, 2.45) is 0 Å². The lowest BCUT2D eigenvalue weighted by Crippen LogP contribution is -2.10. The second-order valence-corrected chi connectivity index (χ2v) is 6.66. The maximum Gasteiger partial charge on any atom is 0.435 e. The fraction of sp³-hybridized carbons (Fsp3) is 0.235. The van der Waals surface area contributed by atoms with E-state index in [4.69, 9.17) is 4.74 Å². The summed E-state index contributed by atoms with van der Waals surface area (Å²) in [6.45, 7) is 3.43. The van der Waals surface area contributed by atoms with Crippen LogP contribution in [-0.2, 0) is 6.18 Å². The first-order chi connectivity index (χ1) is 12.7. The molecule has 10 heteroatoms. The molecule has 0 amide bonds. The first-order valence-corrected chi connectivity index (χ1v) is 8.56. The van der Waals surface area contributed by atoms with Crippen LogP contribution in [0.4, 0.5) is 24.8 Å². The number of nitrogens with zero attached hydrogens (tertiary/aromatic N) is 4. The van der Waals surface area contributed by atoms with Gasteiger partial charge in [-0.15, -0.1) is 0 Å². The summed E-state index contributed by atoms with van der Waals surface area (Å²) in [6, 6.07) is 6.46. The number of ether oxygens (including phenoxy) is 1. The molecule has 0 radical (unpaired) electrons. The summed E-state index contributed by atoms with van der Waals surface area (Å²) in [5, 5.41) is 6.65. The number of anilines is 2. The third kappa shape index (κ3) is 4.21. The minimum absolute atomic E-state index is 0.195. The molecule has 0 aliphatic carbocycles. The van der Waals surface area contributed by atoms with E-state index in [1.165, 1.54) is 13.1 Å². The van der Waals surface area contributed by atoms with Gasteiger partial charge in [0.25, 0.3) is 0 Å².